The van der Waals surface area contributed by atoms with Crippen LogP contribution in [0.25, 0.3) is 0 Å². The van der Waals surface area contributed by atoms with Gasteiger partial charge in [0.25, 0.3) is 0 Å². The zero-order chi connectivity index (χ0) is 12.5. The maximum Gasteiger partial charge on any atom is 0.00498 e. The third kappa shape index (κ3) is 4.93. The molecule has 95 valence electrons. The molecule has 0 nitrogen and oxygen atoms in total. The maximum atomic E-state index is 2.33. The lowest BCUT2D eigenvalue weighted by Gasteiger charge is -2.21. The predicted molar refractivity (Wildman–Crippen MR) is 77.0 cm³/mol. The van der Waals surface area contributed by atoms with E-state index in [9.17, 15) is 0 Å². The van der Waals surface area contributed by atoms with Gasteiger partial charge in [0, 0.05) is 5.92 Å². The minimum absolute atomic E-state index is 0.880. The molecule has 0 heterocycles. The highest BCUT2D eigenvalue weighted by Crippen LogP contribution is 2.29. The molecule has 1 rings (SSSR count). The van der Waals surface area contributed by atoms with Crippen molar-refractivity contribution >= 4 is 0 Å². The van der Waals surface area contributed by atoms with Crippen LogP contribution in [0.5, 0.6) is 0 Å². The highest BCUT2D eigenvalue weighted by molar-refractivity contribution is 5.30. The average Bonchev–Trinajstić information content (AvgIpc) is 2.40. The lowest BCUT2D eigenvalue weighted by atomic mass is 9.83. The molecular weight excluding hydrogens is 204 g/mol. The molecule has 0 bridgehead atoms. The van der Waals surface area contributed by atoms with Crippen LogP contribution in [-0.4, -0.2) is 0 Å². The Labute approximate surface area is 107 Å². The Morgan fingerprint density at radius 3 is 2.29 bits per heavy atom. The molecule has 1 atom stereocenters. The third-order valence-corrected chi connectivity index (χ3v) is 3.69. The molecule has 1 radical (unpaired) electrons. The van der Waals surface area contributed by atoms with E-state index < -0.39 is 0 Å². The number of benzene rings is 1. The molecule has 0 saturated heterocycles. The summed E-state index contributed by atoms with van der Waals surface area (Å²) in [5, 5.41) is 0. The second kappa shape index (κ2) is 8.33. The van der Waals surface area contributed by atoms with Gasteiger partial charge in [-0.05, 0) is 24.3 Å². The zero-order valence-electron chi connectivity index (χ0n) is 11.7. The van der Waals surface area contributed by atoms with Gasteiger partial charge in [0.15, 0.2) is 0 Å². The van der Waals surface area contributed by atoms with Crippen LogP contribution in [-0.2, 0) is 0 Å². The Morgan fingerprint density at radius 1 is 1.06 bits per heavy atom. The van der Waals surface area contributed by atoms with Gasteiger partial charge in [0.1, 0.15) is 0 Å². The van der Waals surface area contributed by atoms with Crippen molar-refractivity contribution in [2.24, 2.45) is 5.92 Å². The first kappa shape index (κ1) is 14.3. The average molecular weight is 231 g/mol. The van der Waals surface area contributed by atoms with E-state index in [1.54, 1.807) is 5.92 Å². The van der Waals surface area contributed by atoms with E-state index in [1.165, 1.54) is 44.1 Å². The smallest absolute Gasteiger partial charge is 0.00498 e. The van der Waals surface area contributed by atoms with E-state index >= 15 is 0 Å². The molecule has 0 fully saturated rings. The summed E-state index contributed by atoms with van der Waals surface area (Å²) < 4.78 is 0. The fourth-order valence-electron chi connectivity index (χ4n) is 2.43. The minimum atomic E-state index is 0.880. The first-order valence-electron chi connectivity index (χ1n) is 7.21. The molecule has 0 heteroatoms. The molecule has 0 aliphatic carbocycles. The second-order valence-corrected chi connectivity index (χ2v) is 4.94. The van der Waals surface area contributed by atoms with Crippen molar-refractivity contribution in [3.8, 4) is 0 Å². The number of hydrogen-bond acceptors (Lipinski definition) is 0. The molecule has 1 aromatic carbocycles. The van der Waals surface area contributed by atoms with Crippen LogP contribution < -0.4 is 0 Å². The summed E-state index contributed by atoms with van der Waals surface area (Å²) in [4.78, 5) is 0. The van der Waals surface area contributed by atoms with Gasteiger partial charge in [0.05, 0.1) is 0 Å². The van der Waals surface area contributed by atoms with Gasteiger partial charge in [-0.1, -0.05) is 76.8 Å². The Hall–Kier alpha value is -0.780. The first-order valence-corrected chi connectivity index (χ1v) is 7.21. The molecule has 0 spiro atoms. The van der Waals surface area contributed by atoms with Crippen molar-refractivity contribution < 1.29 is 0 Å². The Kier molecular flexibility index (Phi) is 7.00. The Bertz CT molecular complexity index is 275. The standard InChI is InChI=1S/C17H27/c1-4-7-11-15(5-2)14-16(6-3)17-12-9-8-10-13-17/h8-10,12-13,15H,4-7,11,14H2,1-3H3. The van der Waals surface area contributed by atoms with E-state index in [1.807, 2.05) is 0 Å². The fraction of sp³-hybridized carbons (Fsp3) is 0.588. The molecule has 0 aromatic heterocycles. The highest BCUT2D eigenvalue weighted by Gasteiger charge is 2.15. The van der Waals surface area contributed by atoms with Crippen molar-refractivity contribution in [3.05, 3.63) is 41.8 Å². The molecule has 17 heavy (non-hydrogen) atoms. The van der Waals surface area contributed by atoms with Gasteiger partial charge >= 0.3 is 0 Å². The van der Waals surface area contributed by atoms with Gasteiger partial charge in [-0.3, -0.25) is 0 Å². The summed E-state index contributed by atoms with van der Waals surface area (Å²) in [5.41, 5.74) is 1.45. The van der Waals surface area contributed by atoms with E-state index in [0.29, 0.717) is 0 Å². The summed E-state index contributed by atoms with van der Waals surface area (Å²) in [7, 11) is 0. The lowest BCUT2D eigenvalue weighted by Crippen LogP contribution is -2.07. The SMILES string of the molecule is CCCCC(CC)C[C](CC)c1ccccc1. The van der Waals surface area contributed by atoms with E-state index in [-0.39, 0.29) is 0 Å². The quantitative estimate of drug-likeness (QED) is 0.544. The largest absolute Gasteiger partial charge is 0.0654 e. The van der Waals surface area contributed by atoms with Crippen LogP contribution in [0.2, 0.25) is 0 Å². The molecule has 0 amide bonds. The molecular formula is C17H27. The first-order chi connectivity index (χ1) is 8.31. The topological polar surface area (TPSA) is 0 Å². The molecule has 1 unspecified atom stereocenters. The number of rotatable bonds is 8. The summed E-state index contributed by atoms with van der Waals surface area (Å²) in [6.07, 6.45) is 7.89. The summed E-state index contributed by atoms with van der Waals surface area (Å²) >= 11 is 0. The Morgan fingerprint density at radius 2 is 1.76 bits per heavy atom. The van der Waals surface area contributed by atoms with Crippen LogP contribution in [0.1, 0.15) is 64.9 Å². The Balaban J connectivity index is 2.56. The number of hydrogen-bond donors (Lipinski definition) is 0. The van der Waals surface area contributed by atoms with E-state index in [2.05, 4.69) is 51.1 Å². The van der Waals surface area contributed by atoms with Crippen molar-refractivity contribution in [1.82, 2.24) is 0 Å². The number of unbranched alkanes of at least 4 members (excludes halogenated alkanes) is 1. The zero-order valence-corrected chi connectivity index (χ0v) is 11.7. The van der Waals surface area contributed by atoms with Crippen LogP contribution in [0, 0.1) is 11.8 Å². The van der Waals surface area contributed by atoms with Crippen molar-refractivity contribution in [3.63, 3.8) is 0 Å². The normalized spacial score (nSPS) is 12.9. The monoisotopic (exact) mass is 231 g/mol. The fourth-order valence-corrected chi connectivity index (χ4v) is 2.43. The highest BCUT2D eigenvalue weighted by atomic mass is 14.2. The molecule has 0 N–H and O–H groups in total. The van der Waals surface area contributed by atoms with Gasteiger partial charge in [0.2, 0.25) is 0 Å². The van der Waals surface area contributed by atoms with Crippen molar-refractivity contribution in [2.45, 2.75) is 59.3 Å². The molecule has 1 aromatic rings. The van der Waals surface area contributed by atoms with E-state index in [0.717, 1.165) is 5.92 Å². The predicted octanol–water partition coefficient (Wildman–Crippen LogP) is 5.63. The van der Waals surface area contributed by atoms with Gasteiger partial charge in [-0.2, -0.15) is 0 Å². The van der Waals surface area contributed by atoms with Gasteiger partial charge < -0.3 is 0 Å². The second-order valence-electron chi connectivity index (χ2n) is 4.94. The van der Waals surface area contributed by atoms with E-state index in [4.69, 9.17) is 0 Å². The summed E-state index contributed by atoms with van der Waals surface area (Å²) in [6.45, 7) is 6.90. The van der Waals surface area contributed by atoms with Crippen molar-refractivity contribution in [2.75, 3.05) is 0 Å². The van der Waals surface area contributed by atoms with Crippen molar-refractivity contribution in [1.29, 1.82) is 0 Å². The summed E-state index contributed by atoms with van der Waals surface area (Å²) in [5.74, 6) is 2.51. The molecule has 0 aliphatic rings. The summed E-state index contributed by atoms with van der Waals surface area (Å²) in [6, 6.07) is 10.9. The molecule has 0 aliphatic heterocycles. The van der Waals surface area contributed by atoms with Crippen LogP contribution in [0.4, 0.5) is 0 Å². The third-order valence-electron chi connectivity index (χ3n) is 3.69. The van der Waals surface area contributed by atoms with Gasteiger partial charge in [-0.15, -0.1) is 0 Å². The lowest BCUT2D eigenvalue weighted by molar-refractivity contribution is 0.428. The minimum Gasteiger partial charge on any atom is -0.0654 e. The van der Waals surface area contributed by atoms with Crippen LogP contribution in [0.3, 0.4) is 0 Å². The van der Waals surface area contributed by atoms with Crippen LogP contribution in [0.15, 0.2) is 30.3 Å². The van der Waals surface area contributed by atoms with Gasteiger partial charge in [-0.25, -0.2) is 0 Å². The van der Waals surface area contributed by atoms with Crippen LogP contribution >= 0.6 is 0 Å². The molecule has 0 saturated carbocycles. The maximum absolute atomic E-state index is 2.33.